The minimum absolute atomic E-state index is 0.00609. The predicted octanol–water partition coefficient (Wildman–Crippen LogP) is 2.31. The van der Waals surface area contributed by atoms with Gasteiger partial charge in [-0.2, -0.15) is 5.26 Å². The maximum Gasteiger partial charge on any atom is 0.270 e. The van der Waals surface area contributed by atoms with Crippen molar-refractivity contribution in [2.24, 2.45) is 0 Å². The molecule has 0 atom stereocenters. The van der Waals surface area contributed by atoms with E-state index < -0.39 is 5.56 Å². The maximum absolute atomic E-state index is 12.0. The zero-order valence-electron chi connectivity index (χ0n) is 13.5. The van der Waals surface area contributed by atoms with Crippen molar-refractivity contribution in [1.29, 1.82) is 5.26 Å². The smallest absolute Gasteiger partial charge is 0.270 e. The van der Waals surface area contributed by atoms with Gasteiger partial charge >= 0.3 is 0 Å². The Bertz CT molecular complexity index is 943. The van der Waals surface area contributed by atoms with E-state index in [4.69, 9.17) is 4.74 Å². The molecule has 0 aliphatic rings. The average molecular weight is 353 g/mol. The van der Waals surface area contributed by atoms with Gasteiger partial charge in [-0.3, -0.25) is 4.79 Å². The highest BCUT2D eigenvalue weighted by molar-refractivity contribution is 7.98. The van der Waals surface area contributed by atoms with Gasteiger partial charge in [-0.25, -0.2) is 9.97 Å². The third-order valence-electron chi connectivity index (χ3n) is 3.51. The fourth-order valence-corrected chi connectivity index (χ4v) is 2.64. The molecule has 0 fully saturated rings. The van der Waals surface area contributed by atoms with Crippen LogP contribution in [0.3, 0.4) is 0 Å². The van der Waals surface area contributed by atoms with Crippen LogP contribution in [0.2, 0.25) is 0 Å². The summed E-state index contributed by atoms with van der Waals surface area (Å²) in [5.74, 6) is 0.706. The van der Waals surface area contributed by atoms with E-state index in [1.165, 1.54) is 11.8 Å². The summed E-state index contributed by atoms with van der Waals surface area (Å²) < 4.78 is 7.62. The van der Waals surface area contributed by atoms with Gasteiger partial charge in [0, 0.05) is 18.0 Å². The number of nitrogens with zero attached hydrogens (tertiary/aromatic N) is 4. The largest absolute Gasteiger partial charge is 0.492 e. The van der Waals surface area contributed by atoms with Gasteiger partial charge in [0.15, 0.2) is 5.16 Å². The highest BCUT2D eigenvalue weighted by Crippen LogP contribution is 2.23. The number of nitriles is 1. The summed E-state index contributed by atoms with van der Waals surface area (Å²) in [6.07, 6.45) is 7.14. The first kappa shape index (κ1) is 16.8. The van der Waals surface area contributed by atoms with Crippen LogP contribution in [0.25, 0.3) is 11.3 Å². The fraction of sp³-hybridized carbons (Fsp3) is 0.176. The molecule has 1 aromatic carbocycles. The van der Waals surface area contributed by atoms with E-state index in [9.17, 15) is 10.1 Å². The number of ether oxygens (including phenoxy) is 1. The summed E-state index contributed by atoms with van der Waals surface area (Å²) in [6.45, 7) is 1.21. The van der Waals surface area contributed by atoms with Crippen LogP contribution >= 0.6 is 11.8 Å². The molecule has 0 saturated heterocycles. The minimum Gasteiger partial charge on any atom is -0.492 e. The third-order valence-corrected chi connectivity index (χ3v) is 4.09. The summed E-state index contributed by atoms with van der Waals surface area (Å²) in [7, 11) is 0. The second-order valence-electron chi connectivity index (χ2n) is 5.08. The van der Waals surface area contributed by atoms with Crippen LogP contribution < -0.4 is 10.3 Å². The van der Waals surface area contributed by atoms with Gasteiger partial charge in [0.25, 0.3) is 5.56 Å². The third kappa shape index (κ3) is 3.89. The molecule has 126 valence electrons. The number of aromatic nitrogens is 4. The van der Waals surface area contributed by atoms with Crippen LogP contribution in [0, 0.1) is 11.3 Å². The van der Waals surface area contributed by atoms with E-state index in [-0.39, 0.29) is 5.56 Å². The van der Waals surface area contributed by atoms with E-state index in [2.05, 4.69) is 15.0 Å². The molecule has 2 heterocycles. The Morgan fingerprint density at radius 2 is 2.16 bits per heavy atom. The van der Waals surface area contributed by atoms with Crippen molar-refractivity contribution in [3.63, 3.8) is 0 Å². The lowest BCUT2D eigenvalue weighted by atomic mass is 10.1. The normalized spacial score (nSPS) is 10.4. The van der Waals surface area contributed by atoms with Gasteiger partial charge in [0.1, 0.15) is 24.0 Å². The highest BCUT2D eigenvalue weighted by atomic mass is 32.2. The van der Waals surface area contributed by atoms with Crippen LogP contribution in [-0.4, -0.2) is 32.4 Å². The monoisotopic (exact) mass is 353 g/mol. The Morgan fingerprint density at radius 1 is 1.36 bits per heavy atom. The molecule has 3 aromatic rings. The van der Waals surface area contributed by atoms with Gasteiger partial charge in [-0.15, -0.1) is 0 Å². The van der Waals surface area contributed by atoms with Crippen LogP contribution in [0.1, 0.15) is 5.56 Å². The second kappa shape index (κ2) is 7.68. The molecule has 0 aliphatic carbocycles. The molecule has 1 N–H and O–H groups in total. The zero-order valence-corrected chi connectivity index (χ0v) is 14.3. The Balaban J connectivity index is 1.77. The zero-order chi connectivity index (χ0) is 17.6. The van der Waals surface area contributed by atoms with E-state index >= 15 is 0 Å². The fourth-order valence-electron chi connectivity index (χ4n) is 2.26. The molecule has 2 aromatic heterocycles. The van der Waals surface area contributed by atoms with Gasteiger partial charge < -0.3 is 14.3 Å². The number of hydrogen-bond acceptors (Lipinski definition) is 6. The molecule has 3 rings (SSSR count). The molecular weight excluding hydrogens is 338 g/mol. The number of H-pyrrole nitrogens is 1. The lowest BCUT2D eigenvalue weighted by Gasteiger charge is -2.08. The number of imidazole rings is 1. The Hall–Kier alpha value is -3.05. The molecule has 8 heteroatoms. The van der Waals surface area contributed by atoms with Crippen LogP contribution in [0.4, 0.5) is 0 Å². The van der Waals surface area contributed by atoms with Crippen molar-refractivity contribution >= 4 is 11.8 Å². The molecule has 0 amide bonds. The van der Waals surface area contributed by atoms with Crippen molar-refractivity contribution in [2.45, 2.75) is 11.7 Å². The summed E-state index contributed by atoms with van der Waals surface area (Å²) in [5.41, 5.74) is 0.643. The molecule has 0 radical (unpaired) electrons. The van der Waals surface area contributed by atoms with E-state index in [0.29, 0.717) is 35.3 Å². The number of rotatable bonds is 6. The quantitative estimate of drug-likeness (QED) is 0.539. The summed E-state index contributed by atoms with van der Waals surface area (Å²) in [5, 5.41) is 9.71. The van der Waals surface area contributed by atoms with E-state index in [0.717, 1.165) is 0 Å². The summed E-state index contributed by atoms with van der Waals surface area (Å²) in [4.78, 5) is 22.9. The molecule has 0 unspecified atom stereocenters. The number of thioether (sulfide) groups is 1. The molecule has 0 saturated carbocycles. The first-order valence-electron chi connectivity index (χ1n) is 7.48. The first-order chi connectivity index (χ1) is 12.2. The number of aromatic amines is 1. The predicted molar refractivity (Wildman–Crippen MR) is 94.5 cm³/mol. The summed E-state index contributed by atoms with van der Waals surface area (Å²) >= 11 is 1.32. The number of hydrogen-bond donors (Lipinski definition) is 1. The lowest BCUT2D eigenvalue weighted by molar-refractivity contribution is 0.298. The second-order valence-corrected chi connectivity index (χ2v) is 5.88. The molecule has 25 heavy (non-hydrogen) atoms. The standard InChI is InChI=1S/C17H15N5O2S/c1-25-17-20-15(14(10-18)16(23)21-17)12-2-4-13(5-3-12)24-9-8-22-7-6-19-11-22/h2-7,11H,8-9H2,1H3,(H,20,21,23). The molecular formula is C17H15N5O2S. The van der Waals surface area contributed by atoms with Crippen molar-refractivity contribution in [3.05, 3.63) is 58.9 Å². The van der Waals surface area contributed by atoms with Gasteiger partial charge in [0.05, 0.1) is 18.6 Å². The number of nitrogens with one attached hydrogen (secondary N) is 1. The Kier molecular flexibility index (Phi) is 5.16. The Morgan fingerprint density at radius 3 is 2.80 bits per heavy atom. The van der Waals surface area contributed by atoms with Gasteiger partial charge in [-0.05, 0) is 30.5 Å². The molecule has 0 spiro atoms. The van der Waals surface area contributed by atoms with Crippen molar-refractivity contribution in [2.75, 3.05) is 12.9 Å². The average Bonchev–Trinajstić information content (AvgIpc) is 3.15. The topological polar surface area (TPSA) is 96.6 Å². The van der Waals surface area contributed by atoms with E-state index in [1.807, 2.05) is 23.1 Å². The summed E-state index contributed by atoms with van der Waals surface area (Å²) in [6, 6.07) is 9.10. The lowest BCUT2D eigenvalue weighted by Crippen LogP contribution is -2.14. The van der Waals surface area contributed by atoms with Gasteiger partial charge in [0.2, 0.25) is 0 Å². The van der Waals surface area contributed by atoms with Crippen LogP contribution in [-0.2, 0) is 6.54 Å². The number of benzene rings is 1. The maximum atomic E-state index is 12.0. The van der Waals surface area contributed by atoms with Crippen molar-refractivity contribution < 1.29 is 4.74 Å². The molecule has 7 nitrogen and oxygen atoms in total. The molecule has 0 aliphatic heterocycles. The first-order valence-corrected chi connectivity index (χ1v) is 8.71. The Labute approximate surface area is 148 Å². The van der Waals surface area contributed by atoms with Crippen LogP contribution in [0.5, 0.6) is 5.75 Å². The minimum atomic E-state index is -0.433. The van der Waals surface area contributed by atoms with Crippen LogP contribution in [0.15, 0.2) is 52.9 Å². The highest BCUT2D eigenvalue weighted by Gasteiger charge is 2.13. The van der Waals surface area contributed by atoms with E-state index in [1.54, 1.807) is 36.8 Å². The SMILES string of the molecule is CSc1nc(-c2ccc(OCCn3ccnc3)cc2)c(C#N)c(=O)[nH]1. The van der Waals surface area contributed by atoms with Gasteiger partial charge in [-0.1, -0.05) is 11.8 Å². The molecule has 0 bridgehead atoms. The van der Waals surface area contributed by atoms with Crippen molar-refractivity contribution in [1.82, 2.24) is 19.5 Å². The van der Waals surface area contributed by atoms with Crippen molar-refractivity contribution in [3.8, 4) is 23.1 Å².